The summed E-state index contributed by atoms with van der Waals surface area (Å²) in [5.74, 6) is 0.0568. The number of likely N-dealkylation sites (tertiary alicyclic amines) is 1. The first kappa shape index (κ1) is 19.0. The van der Waals surface area contributed by atoms with Gasteiger partial charge in [0.1, 0.15) is 0 Å². The van der Waals surface area contributed by atoms with Crippen LogP contribution in [0.25, 0.3) is 0 Å². The lowest BCUT2D eigenvalue weighted by Gasteiger charge is -2.31. The van der Waals surface area contributed by atoms with Crippen molar-refractivity contribution in [1.29, 1.82) is 0 Å². The number of hydrogen-bond acceptors (Lipinski definition) is 2. The molecule has 0 spiro atoms. The van der Waals surface area contributed by atoms with Crippen LogP contribution in [-0.4, -0.2) is 35.0 Å². The summed E-state index contributed by atoms with van der Waals surface area (Å²) in [6.07, 6.45) is 7.55. The average molecular weight is 374 g/mol. The van der Waals surface area contributed by atoms with Crippen LogP contribution >= 0.6 is 11.6 Å². The van der Waals surface area contributed by atoms with Crippen LogP contribution in [0.3, 0.4) is 0 Å². The molecule has 0 bridgehead atoms. The SMILES string of the molecule is Cn1cccc1C(CNC(=O)Cc1ccc(Cl)cc1)N1CCCCCC1. The molecule has 1 saturated heterocycles. The summed E-state index contributed by atoms with van der Waals surface area (Å²) in [6, 6.07) is 11.9. The molecule has 140 valence electrons. The van der Waals surface area contributed by atoms with Crippen LogP contribution in [0.4, 0.5) is 0 Å². The summed E-state index contributed by atoms with van der Waals surface area (Å²) < 4.78 is 2.17. The minimum atomic E-state index is 0.0568. The van der Waals surface area contributed by atoms with Crippen LogP contribution in [0.1, 0.15) is 43.0 Å². The molecule has 1 aromatic heterocycles. The van der Waals surface area contributed by atoms with Gasteiger partial charge in [-0.2, -0.15) is 0 Å². The maximum Gasteiger partial charge on any atom is 0.224 e. The second-order valence-corrected chi connectivity index (χ2v) is 7.55. The first-order chi connectivity index (χ1) is 12.6. The van der Waals surface area contributed by atoms with Crippen LogP contribution < -0.4 is 5.32 Å². The van der Waals surface area contributed by atoms with E-state index in [-0.39, 0.29) is 11.9 Å². The van der Waals surface area contributed by atoms with Crippen LogP contribution in [0, 0.1) is 0 Å². The highest BCUT2D eigenvalue weighted by atomic mass is 35.5. The van der Waals surface area contributed by atoms with Crippen molar-refractivity contribution in [1.82, 2.24) is 14.8 Å². The lowest BCUT2D eigenvalue weighted by atomic mass is 10.1. The molecule has 0 radical (unpaired) electrons. The predicted octanol–water partition coefficient (Wildman–Crippen LogP) is 3.95. The number of aryl methyl sites for hydroxylation is 1. The molecule has 1 aromatic carbocycles. The first-order valence-corrected chi connectivity index (χ1v) is 9.88. The molecule has 1 fully saturated rings. The summed E-state index contributed by atoms with van der Waals surface area (Å²) in [5, 5.41) is 3.85. The second kappa shape index (κ2) is 9.24. The molecule has 2 heterocycles. The first-order valence-electron chi connectivity index (χ1n) is 9.50. The number of carbonyl (C=O) groups is 1. The van der Waals surface area contributed by atoms with E-state index in [4.69, 9.17) is 11.6 Å². The van der Waals surface area contributed by atoms with Crippen molar-refractivity contribution in [3.63, 3.8) is 0 Å². The average Bonchev–Trinajstić information content (AvgIpc) is 2.88. The number of rotatable bonds is 6. The zero-order valence-corrected chi connectivity index (χ0v) is 16.2. The van der Waals surface area contributed by atoms with Crippen molar-refractivity contribution in [3.8, 4) is 0 Å². The highest BCUT2D eigenvalue weighted by Gasteiger charge is 2.23. The van der Waals surface area contributed by atoms with Gasteiger partial charge in [0.15, 0.2) is 0 Å². The molecule has 4 nitrogen and oxygen atoms in total. The summed E-state index contributed by atoms with van der Waals surface area (Å²) >= 11 is 5.91. The monoisotopic (exact) mass is 373 g/mol. The van der Waals surface area contributed by atoms with Crippen LogP contribution in [-0.2, 0) is 18.3 Å². The standard InChI is InChI=1S/C21H28ClN3O/c1-24-12-6-7-19(24)20(25-13-4-2-3-5-14-25)16-23-21(26)15-17-8-10-18(22)11-9-17/h6-12,20H,2-5,13-16H2,1H3,(H,23,26). The van der Waals surface area contributed by atoms with Gasteiger partial charge in [-0.1, -0.05) is 36.6 Å². The van der Waals surface area contributed by atoms with Crippen molar-refractivity contribution in [2.45, 2.75) is 38.1 Å². The van der Waals surface area contributed by atoms with E-state index >= 15 is 0 Å². The molecule has 1 aliphatic rings. The Morgan fingerprint density at radius 3 is 2.42 bits per heavy atom. The van der Waals surface area contributed by atoms with Gasteiger partial charge >= 0.3 is 0 Å². The third-order valence-corrected chi connectivity index (χ3v) is 5.43. The fourth-order valence-corrected chi connectivity index (χ4v) is 3.83. The Morgan fingerprint density at radius 2 is 1.81 bits per heavy atom. The van der Waals surface area contributed by atoms with E-state index < -0.39 is 0 Å². The molecular formula is C21H28ClN3O. The third kappa shape index (κ3) is 5.12. The fraction of sp³-hybridized carbons (Fsp3) is 0.476. The molecule has 1 amide bonds. The summed E-state index contributed by atoms with van der Waals surface area (Å²) in [6.45, 7) is 2.84. The Kier molecular flexibility index (Phi) is 6.75. The van der Waals surface area contributed by atoms with Gasteiger partial charge in [-0.05, 0) is 55.8 Å². The molecule has 3 rings (SSSR count). The van der Waals surface area contributed by atoms with Gasteiger partial charge in [-0.3, -0.25) is 9.69 Å². The van der Waals surface area contributed by atoms with Crippen molar-refractivity contribution in [2.75, 3.05) is 19.6 Å². The predicted molar refractivity (Wildman–Crippen MR) is 106 cm³/mol. The molecule has 2 aromatic rings. The smallest absolute Gasteiger partial charge is 0.224 e. The van der Waals surface area contributed by atoms with Gasteiger partial charge in [0, 0.05) is 30.5 Å². The number of halogens is 1. The van der Waals surface area contributed by atoms with E-state index in [0.29, 0.717) is 18.0 Å². The van der Waals surface area contributed by atoms with E-state index in [1.807, 2.05) is 24.3 Å². The maximum atomic E-state index is 12.4. The molecule has 5 heteroatoms. The molecule has 1 aliphatic heterocycles. The number of benzene rings is 1. The van der Waals surface area contributed by atoms with Crippen LogP contribution in [0.2, 0.25) is 5.02 Å². The lowest BCUT2D eigenvalue weighted by molar-refractivity contribution is -0.120. The molecule has 26 heavy (non-hydrogen) atoms. The van der Waals surface area contributed by atoms with Crippen molar-refractivity contribution in [3.05, 3.63) is 58.9 Å². The molecule has 1 N–H and O–H groups in total. The number of aromatic nitrogens is 1. The van der Waals surface area contributed by atoms with Crippen LogP contribution in [0.5, 0.6) is 0 Å². The zero-order chi connectivity index (χ0) is 18.4. The molecular weight excluding hydrogens is 346 g/mol. The topological polar surface area (TPSA) is 37.3 Å². The lowest BCUT2D eigenvalue weighted by Crippen LogP contribution is -2.39. The largest absolute Gasteiger partial charge is 0.354 e. The van der Waals surface area contributed by atoms with Gasteiger partial charge in [0.2, 0.25) is 5.91 Å². The van der Waals surface area contributed by atoms with E-state index in [2.05, 4.69) is 40.2 Å². The van der Waals surface area contributed by atoms with Crippen molar-refractivity contribution in [2.24, 2.45) is 7.05 Å². The highest BCUT2D eigenvalue weighted by molar-refractivity contribution is 6.30. The summed E-state index contributed by atoms with van der Waals surface area (Å²) in [5.41, 5.74) is 2.25. The molecule has 1 unspecified atom stereocenters. The number of nitrogens with zero attached hydrogens (tertiary/aromatic N) is 2. The third-order valence-electron chi connectivity index (χ3n) is 5.18. The Labute approximate surface area is 161 Å². The highest BCUT2D eigenvalue weighted by Crippen LogP contribution is 2.24. The quantitative estimate of drug-likeness (QED) is 0.832. The normalized spacial score (nSPS) is 16.8. The van der Waals surface area contributed by atoms with Gasteiger partial charge in [-0.15, -0.1) is 0 Å². The van der Waals surface area contributed by atoms with Gasteiger partial charge in [-0.25, -0.2) is 0 Å². The summed E-state index contributed by atoms with van der Waals surface area (Å²) in [7, 11) is 2.08. The van der Waals surface area contributed by atoms with Gasteiger partial charge in [0.25, 0.3) is 0 Å². The number of nitrogens with one attached hydrogen (secondary N) is 1. The van der Waals surface area contributed by atoms with E-state index in [0.717, 1.165) is 18.7 Å². The van der Waals surface area contributed by atoms with Gasteiger partial charge in [0.05, 0.1) is 12.5 Å². The Balaban J connectivity index is 1.64. The maximum absolute atomic E-state index is 12.4. The number of carbonyl (C=O) groups excluding carboxylic acids is 1. The van der Waals surface area contributed by atoms with Crippen molar-refractivity contribution >= 4 is 17.5 Å². The number of hydrogen-bond donors (Lipinski definition) is 1. The molecule has 0 aliphatic carbocycles. The Bertz CT molecular complexity index is 702. The molecule has 1 atom stereocenters. The fourth-order valence-electron chi connectivity index (χ4n) is 3.71. The Morgan fingerprint density at radius 1 is 1.12 bits per heavy atom. The minimum absolute atomic E-state index is 0.0568. The second-order valence-electron chi connectivity index (χ2n) is 7.12. The minimum Gasteiger partial charge on any atom is -0.354 e. The van der Waals surface area contributed by atoms with Gasteiger partial charge < -0.3 is 9.88 Å². The van der Waals surface area contributed by atoms with Crippen molar-refractivity contribution < 1.29 is 4.79 Å². The van der Waals surface area contributed by atoms with E-state index in [1.165, 1.54) is 31.4 Å². The Hall–Kier alpha value is -1.78. The summed E-state index contributed by atoms with van der Waals surface area (Å²) in [4.78, 5) is 15.0. The number of amides is 1. The molecule has 0 saturated carbocycles. The van der Waals surface area contributed by atoms with E-state index in [1.54, 1.807) is 0 Å². The van der Waals surface area contributed by atoms with Crippen LogP contribution in [0.15, 0.2) is 42.6 Å². The zero-order valence-electron chi connectivity index (χ0n) is 15.5. The van der Waals surface area contributed by atoms with E-state index in [9.17, 15) is 4.79 Å².